The number of aromatic nitrogens is 1. The maximum Gasteiger partial charge on any atom is 0.251 e. The first-order valence-corrected chi connectivity index (χ1v) is 7.29. The summed E-state index contributed by atoms with van der Waals surface area (Å²) in [7, 11) is 1.50. The van der Waals surface area contributed by atoms with Crippen LogP contribution in [0.5, 0.6) is 5.75 Å². The standard InChI is InChI=1S/C15H21N3O4/c1-10-6-7-12(22-2)14(16-10)17-13(20)9-18-8-4-3-5-11(19)15(18)21/h6-7,11,19H,3-5,8-9H2,1-2H3,(H,16,17,20). The molecule has 120 valence electrons. The van der Waals surface area contributed by atoms with E-state index in [9.17, 15) is 14.7 Å². The average molecular weight is 307 g/mol. The second kappa shape index (κ2) is 7.22. The SMILES string of the molecule is COc1ccc(C)nc1NC(=O)CN1CCCCC(O)C1=O. The van der Waals surface area contributed by atoms with Crippen LogP contribution in [0.15, 0.2) is 12.1 Å². The van der Waals surface area contributed by atoms with Gasteiger partial charge >= 0.3 is 0 Å². The Morgan fingerprint density at radius 3 is 3.00 bits per heavy atom. The number of hydrogen-bond acceptors (Lipinski definition) is 5. The van der Waals surface area contributed by atoms with Crippen molar-refractivity contribution in [2.75, 3.05) is 25.5 Å². The number of aliphatic hydroxyl groups is 1. The summed E-state index contributed by atoms with van der Waals surface area (Å²) in [4.78, 5) is 29.7. The van der Waals surface area contributed by atoms with Crippen molar-refractivity contribution < 1.29 is 19.4 Å². The third-order valence-corrected chi connectivity index (χ3v) is 3.56. The largest absolute Gasteiger partial charge is 0.493 e. The molecule has 1 unspecified atom stereocenters. The molecule has 1 atom stereocenters. The highest BCUT2D eigenvalue weighted by Crippen LogP contribution is 2.21. The molecule has 2 amide bonds. The third-order valence-electron chi connectivity index (χ3n) is 3.56. The summed E-state index contributed by atoms with van der Waals surface area (Å²) in [5, 5.41) is 12.3. The molecule has 1 aromatic heterocycles. The molecular formula is C15H21N3O4. The van der Waals surface area contributed by atoms with Crippen LogP contribution in [0.2, 0.25) is 0 Å². The smallest absolute Gasteiger partial charge is 0.251 e. The summed E-state index contributed by atoms with van der Waals surface area (Å²) >= 11 is 0. The van der Waals surface area contributed by atoms with E-state index >= 15 is 0 Å². The van der Waals surface area contributed by atoms with Gasteiger partial charge in [0.15, 0.2) is 11.6 Å². The van der Waals surface area contributed by atoms with E-state index in [1.165, 1.54) is 12.0 Å². The highest BCUT2D eigenvalue weighted by molar-refractivity contribution is 5.95. The molecule has 0 bridgehead atoms. The van der Waals surface area contributed by atoms with Gasteiger partial charge < -0.3 is 20.1 Å². The number of aliphatic hydroxyl groups excluding tert-OH is 1. The number of carbonyl (C=O) groups excluding carboxylic acids is 2. The van der Waals surface area contributed by atoms with E-state index in [2.05, 4.69) is 10.3 Å². The Hall–Kier alpha value is -2.15. The first-order valence-electron chi connectivity index (χ1n) is 7.29. The van der Waals surface area contributed by atoms with Crippen LogP contribution in [0, 0.1) is 6.92 Å². The number of methoxy groups -OCH3 is 1. The maximum absolute atomic E-state index is 12.1. The third kappa shape index (κ3) is 3.94. The Morgan fingerprint density at radius 2 is 2.27 bits per heavy atom. The Balaban J connectivity index is 2.03. The van der Waals surface area contributed by atoms with E-state index in [0.29, 0.717) is 24.5 Å². The molecule has 1 aliphatic rings. The number of ether oxygens (including phenoxy) is 1. The highest BCUT2D eigenvalue weighted by atomic mass is 16.5. The maximum atomic E-state index is 12.1. The summed E-state index contributed by atoms with van der Waals surface area (Å²) in [6.07, 6.45) is 0.992. The van der Waals surface area contributed by atoms with Gasteiger partial charge in [0.1, 0.15) is 6.10 Å². The summed E-state index contributed by atoms with van der Waals surface area (Å²) in [6.45, 7) is 2.18. The topological polar surface area (TPSA) is 91.8 Å². The molecule has 1 aliphatic heterocycles. The normalized spacial score (nSPS) is 18.8. The fraction of sp³-hybridized carbons (Fsp3) is 0.533. The fourth-order valence-corrected chi connectivity index (χ4v) is 2.38. The molecule has 1 fully saturated rings. The van der Waals surface area contributed by atoms with Crippen molar-refractivity contribution in [3.05, 3.63) is 17.8 Å². The predicted octanol–water partition coefficient (Wildman–Crippen LogP) is 0.711. The van der Waals surface area contributed by atoms with Gasteiger partial charge in [-0.2, -0.15) is 0 Å². The number of hydrogen-bond donors (Lipinski definition) is 2. The minimum absolute atomic E-state index is 0.103. The highest BCUT2D eigenvalue weighted by Gasteiger charge is 2.26. The zero-order valence-electron chi connectivity index (χ0n) is 12.8. The number of rotatable bonds is 4. The Labute approximate surface area is 129 Å². The average Bonchev–Trinajstić information content (AvgIpc) is 2.63. The van der Waals surface area contributed by atoms with Crippen molar-refractivity contribution in [2.45, 2.75) is 32.3 Å². The van der Waals surface area contributed by atoms with Crippen LogP contribution in [0.1, 0.15) is 25.0 Å². The lowest BCUT2D eigenvalue weighted by molar-refractivity contribution is -0.141. The summed E-state index contributed by atoms with van der Waals surface area (Å²) in [5.74, 6) is 0.0344. The Kier molecular flexibility index (Phi) is 5.32. The van der Waals surface area contributed by atoms with Crippen LogP contribution in [0.25, 0.3) is 0 Å². The van der Waals surface area contributed by atoms with Crippen LogP contribution >= 0.6 is 0 Å². The number of likely N-dealkylation sites (tertiary alicyclic amines) is 1. The van der Waals surface area contributed by atoms with Gasteiger partial charge in [0, 0.05) is 12.2 Å². The van der Waals surface area contributed by atoms with Crippen molar-refractivity contribution in [1.82, 2.24) is 9.88 Å². The quantitative estimate of drug-likeness (QED) is 0.855. The van der Waals surface area contributed by atoms with E-state index in [1.807, 2.05) is 6.92 Å². The molecule has 0 radical (unpaired) electrons. The molecule has 1 saturated heterocycles. The Morgan fingerprint density at radius 1 is 1.50 bits per heavy atom. The second-order valence-corrected chi connectivity index (χ2v) is 5.32. The first-order chi connectivity index (χ1) is 10.5. The summed E-state index contributed by atoms with van der Waals surface area (Å²) in [6, 6.07) is 3.50. The van der Waals surface area contributed by atoms with E-state index in [1.54, 1.807) is 12.1 Å². The number of anilines is 1. The van der Waals surface area contributed by atoms with Crippen molar-refractivity contribution in [3.8, 4) is 5.75 Å². The van der Waals surface area contributed by atoms with Crippen LogP contribution in [-0.2, 0) is 9.59 Å². The molecule has 2 heterocycles. The molecule has 0 saturated carbocycles. The Bertz CT molecular complexity index is 562. The molecule has 1 aromatic rings. The van der Waals surface area contributed by atoms with Gasteiger partial charge in [-0.1, -0.05) is 0 Å². The zero-order valence-corrected chi connectivity index (χ0v) is 12.8. The number of nitrogens with zero attached hydrogens (tertiary/aromatic N) is 2. The van der Waals surface area contributed by atoms with Crippen LogP contribution < -0.4 is 10.1 Å². The lowest BCUT2D eigenvalue weighted by atomic mass is 10.2. The minimum Gasteiger partial charge on any atom is -0.493 e. The fourth-order valence-electron chi connectivity index (χ4n) is 2.38. The van der Waals surface area contributed by atoms with Gasteiger partial charge in [-0.05, 0) is 38.3 Å². The first kappa shape index (κ1) is 16.2. The van der Waals surface area contributed by atoms with Gasteiger partial charge in [0.05, 0.1) is 13.7 Å². The van der Waals surface area contributed by atoms with Crippen LogP contribution in [0.4, 0.5) is 5.82 Å². The van der Waals surface area contributed by atoms with Gasteiger partial charge in [-0.3, -0.25) is 9.59 Å². The second-order valence-electron chi connectivity index (χ2n) is 5.32. The van der Waals surface area contributed by atoms with Crippen molar-refractivity contribution in [2.24, 2.45) is 0 Å². The molecule has 0 spiro atoms. The van der Waals surface area contributed by atoms with Crippen molar-refractivity contribution in [1.29, 1.82) is 0 Å². The summed E-state index contributed by atoms with van der Waals surface area (Å²) < 4.78 is 5.15. The van der Waals surface area contributed by atoms with E-state index in [4.69, 9.17) is 4.74 Å². The molecule has 2 N–H and O–H groups in total. The van der Waals surface area contributed by atoms with Crippen molar-refractivity contribution in [3.63, 3.8) is 0 Å². The van der Waals surface area contributed by atoms with Gasteiger partial charge in [-0.25, -0.2) is 4.98 Å². The molecule has 0 aromatic carbocycles. The molecule has 7 heteroatoms. The van der Waals surface area contributed by atoms with Crippen LogP contribution in [-0.4, -0.2) is 53.1 Å². The number of aryl methyl sites for hydroxylation is 1. The number of amides is 2. The van der Waals surface area contributed by atoms with E-state index in [-0.39, 0.29) is 12.5 Å². The molecule has 0 aliphatic carbocycles. The molecular weight excluding hydrogens is 286 g/mol. The van der Waals surface area contributed by atoms with Crippen LogP contribution in [0.3, 0.4) is 0 Å². The lowest BCUT2D eigenvalue weighted by Gasteiger charge is -2.21. The zero-order chi connectivity index (χ0) is 16.1. The molecule has 2 rings (SSSR count). The van der Waals surface area contributed by atoms with E-state index in [0.717, 1.165) is 18.5 Å². The summed E-state index contributed by atoms with van der Waals surface area (Å²) in [5.41, 5.74) is 0.748. The van der Waals surface area contributed by atoms with Gasteiger partial charge in [0.25, 0.3) is 5.91 Å². The van der Waals surface area contributed by atoms with Gasteiger partial charge in [-0.15, -0.1) is 0 Å². The number of carbonyl (C=O) groups is 2. The molecule has 7 nitrogen and oxygen atoms in total. The van der Waals surface area contributed by atoms with E-state index < -0.39 is 12.0 Å². The number of pyridine rings is 1. The minimum atomic E-state index is -1.01. The lowest BCUT2D eigenvalue weighted by Crippen LogP contribution is -2.42. The predicted molar refractivity (Wildman–Crippen MR) is 80.6 cm³/mol. The monoisotopic (exact) mass is 307 g/mol. The number of nitrogens with one attached hydrogen (secondary N) is 1. The van der Waals surface area contributed by atoms with Crippen molar-refractivity contribution >= 4 is 17.6 Å². The molecule has 22 heavy (non-hydrogen) atoms. The van der Waals surface area contributed by atoms with Gasteiger partial charge in [0.2, 0.25) is 5.91 Å².